The molecule has 1 aromatic heterocycles. The first-order valence-electron chi connectivity index (χ1n) is 5.64. The zero-order chi connectivity index (χ0) is 13.1. The highest BCUT2D eigenvalue weighted by Crippen LogP contribution is 2.31. The summed E-state index contributed by atoms with van der Waals surface area (Å²) in [4.78, 5) is 0. The molecular weight excluding hydrogens is 334 g/mol. The van der Waals surface area contributed by atoms with E-state index in [1.54, 1.807) is 11.3 Å². The average molecular weight is 347 g/mol. The molecule has 0 bridgehead atoms. The van der Waals surface area contributed by atoms with E-state index < -0.39 is 0 Å². The van der Waals surface area contributed by atoms with Crippen molar-refractivity contribution >= 4 is 38.9 Å². The van der Waals surface area contributed by atoms with Gasteiger partial charge in [-0.2, -0.15) is 0 Å². The largest absolute Gasteiger partial charge is 0.308 e. The molecule has 2 aromatic rings. The second-order valence-corrected chi connectivity index (χ2v) is 6.12. The standard InChI is InChI=1S/C12H13BrClN3S/c1-3-15-7(2)11-16-17-12(18-11)8-4-5-10(14)9(13)6-8/h4-7,15H,3H2,1-2H3. The van der Waals surface area contributed by atoms with Crippen molar-refractivity contribution in [1.82, 2.24) is 15.5 Å². The number of hydrogen-bond acceptors (Lipinski definition) is 4. The molecule has 1 aromatic carbocycles. The van der Waals surface area contributed by atoms with Crippen molar-refractivity contribution in [3.05, 3.63) is 32.7 Å². The third kappa shape index (κ3) is 3.09. The summed E-state index contributed by atoms with van der Waals surface area (Å²) < 4.78 is 0.873. The monoisotopic (exact) mass is 345 g/mol. The van der Waals surface area contributed by atoms with Gasteiger partial charge in [-0.1, -0.05) is 35.9 Å². The molecular formula is C12H13BrClN3S. The maximum absolute atomic E-state index is 5.98. The van der Waals surface area contributed by atoms with Gasteiger partial charge in [-0.15, -0.1) is 10.2 Å². The van der Waals surface area contributed by atoms with Gasteiger partial charge in [-0.05, 0) is 41.5 Å². The van der Waals surface area contributed by atoms with E-state index in [2.05, 4.69) is 45.3 Å². The molecule has 0 aliphatic rings. The lowest BCUT2D eigenvalue weighted by Crippen LogP contribution is -2.17. The molecule has 2 rings (SSSR count). The number of nitrogens with zero attached hydrogens (tertiary/aromatic N) is 2. The summed E-state index contributed by atoms with van der Waals surface area (Å²) in [5.41, 5.74) is 1.03. The maximum atomic E-state index is 5.98. The van der Waals surface area contributed by atoms with Gasteiger partial charge in [0.05, 0.1) is 11.1 Å². The smallest absolute Gasteiger partial charge is 0.147 e. The summed E-state index contributed by atoms with van der Waals surface area (Å²) in [6.07, 6.45) is 0. The molecule has 0 aliphatic carbocycles. The van der Waals surface area contributed by atoms with E-state index in [0.717, 1.165) is 26.6 Å². The number of hydrogen-bond donors (Lipinski definition) is 1. The van der Waals surface area contributed by atoms with E-state index in [0.29, 0.717) is 5.02 Å². The molecule has 3 nitrogen and oxygen atoms in total. The van der Waals surface area contributed by atoms with E-state index in [4.69, 9.17) is 11.6 Å². The Morgan fingerprint density at radius 1 is 1.44 bits per heavy atom. The minimum atomic E-state index is 0.233. The van der Waals surface area contributed by atoms with Crippen LogP contribution in [0.25, 0.3) is 10.6 Å². The zero-order valence-corrected chi connectivity index (χ0v) is 13.2. The fourth-order valence-corrected chi connectivity index (χ4v) is 2.91. The Hall–Kier alpha value is -0.490. The number of rotatable bonds is 4. The van der Waals surface area contributed by atoms with Gasteiger partial charge in [0.2, 0.25) is 0 Å². The molecule has 6 heteroatoms. The number of benzene rings is 1. The van der Waals surface area contributed by atoms with Crippen LogP contribution >= 0.6 is 38.9 Å². The predicted octanol–water partition coefficient (Wildman–Crippen LogP) is 4.29. The first kappa shape index (κ1) is 13.9. The van der Waals surface area contributed by atoms with Crippen LogP contribution in [0.5, 0.6) is 0 Å². The van der Waals surface area contributed by atoms with Crippen molar-refractivity contribution in [2.24, 2.45) is 0 Å². The summed E-state index contributed by atoms with van der Waals surface area (Å²) >= 11 is 11.0. The molecule has 0 spiro atoms. The van der Waals surface area contributed by atoms with Crippen LogP contribution in [0.2, 0.25) is 5.02 Å². The van der Waals surface area contributed by atoms with E-state index in [9.17, 15) is 0 Å². The van der Waals surface area contributed by atoms with Crippen molar-refractivity contribution in [2.45, 2.75) is 19.9 Å². The van der Waals surface area contributed by atoms with Crippen LogP contribution in [-0.2, 0) is 0 Å². The number of aromatic nitrogens is 2. The van der Waals surface area contributed by atoms with Gasteiger partial charge in [0, 0.05) is 10.0 Å². The van der Waals surface area contributed by atoms with E-state index >= 15 is 0 Å². The van der Waals surface area contributed by atoms with E-state index in [-0.39, 0.29) is 6.04 Å². The van der Waals surface area contributed by atoms with E-state index in [1.807, 2.05) is 18.2 Å². The molecule has 18 heavy (non-hydrogen) atoms. The van der Waals surface area contributed by atoms with E-state index in [1.165, 1.54) is 0 Å². The summed E-state index contributed by atoms with van der Waals surface area (Å²) in [5, 5.41) is 14.4. The second kappa shape index (κ2) is 6.10. The SMILES string of the molecule is CCNC(C)c1nnc(-c2ccc(Cl)c(Br)c2)s1. The lowest BCUT2D eigenvalue weighted by atomic mass is 10.2. The number of nitrogens with one attached hydrogen (secondary N) is 1. The van der Waals surface area contributed by atoms with Gasteiger partial charge in [0.1, 0.15) is 10.0 Å². The van der Waals surface area contributed by atoms with Gasteiger partial charge in [-0.25, -0.2) is 0 Å². The molecule has 96 valence electrons. The second-order valence-electron chi connectivity index (χ2n) is 3.85. The van der Waals surface area contributed by atoms with Crippen LogP contribution in [0.3, 0.4) is 0 Å². The third-order valence-electron chi connectivity index (χ3n) is 2.49. The van der Waals surface area contributed by atoms with Crippen molar-refractivity contribution in [2.75, 3.05) is 6.54 Å². The highest BCUT2D eigenvalue weighted by Gasteiger charge is 2.12. The van der Waals surface area contributed by atoms with Crippen LogP contribution in [0, 0.1) is 0 Å². The van der Waals surface area contributed by atoms with Crippen molar-refractivity contribution < 1.29 is 0 Å². The van der Waals surface area contributed by atoms with Crippen molar-refractivity contribution in [3.63, 3.8) is 0 Å². The lowest BCUT2D eigenvalue weighted by Gasteiger charge is -2.06. The highest BCUT2D eigenvalue weighted by atomic mass is 79.9. The molecule has 1 atom stereocenters. The van der Waals surface area contributed by atoms with Crippen LogP contribution in [0.1, 0.15) is 24.9 Å². The topological polar surface area (TPSA) is 37.8 Å². The first-order valence-corrected chi connectivity index (χ1v) is 7.62. The summed E-state index contributed by atoms with van der Waals surface area (Å²) in [7, 11) is 0. The van der Waals surface area contributed by atoms with Gasteiger partial charge < -0.3 is 5.32 Å². The Bertz CT molecular complexity index is 544. The molecule has 1 heterocycles. The van der Waals surface area contributed by atoms with Crippen LogP contribution < -0.4 is 5.32 Å². The Morgan fingerprint density at radius 3 is 2.89 bits per heavy atom. The molecule has 0 radical (unpaired) electrons. The molecule has 0 aliphatic heterocycles. The minimum Gasteiger partial charge on any atom is -0.308 e. The third-order valence-corrected chi connectivity index (χ3v) is 4.86. The number of halogens is 2. The highest BCUT2D eigenvalue weighted by molar-refractivity contribution is 9.10. The maximum Gasteiger partial charge on any atom is 0.147 e. The summed E-state index contributed by atoms with van der Waals surface area (Å²) in [6, 6.07) is 6.01. The Kier molecular flexibility index (Phi) is 4.72. The Labute approximate surface area is 124 Å². The predicted molar refractivity (Wildman–Crippen MR) is 80.1 cm³/mol. The molecule has 1 N–H and O–H groups in total. The molecule has 0 fully saturated rings. The molecule has 0 amide bonds. The first-order chi connectivity index (χ1) is 8.61. The van der Waals surface area contributed by atoms with Crippen LogP contribution in [-0.4, -0.2) is 16.7 Å². The van der Waals surface area contributed by atoms with Gasteiger partial charge in [0.25, 0.3) is 0 Å². The zero-order valence-electron chi connectivity index (χ0n) is 10.1. The van der Waals surface area contributed by atoms with Gasteiger partial charge >= 0.3 is 0 Å². The molecule has 1 unspecified atom stereocenters. The Balaban J connectivity index is 2.26. The summed E-state index contributed by atoms with van der Waals surface area (Å²) in [6.45, 7) is 5.09. The average Bonchev–Trinajstić information content (AvgIpc) is 2.82. The van der Waals surface area contributed by atoms with Gasteiger partial charge in [0.15, 0.2) is 0 Å². The van der Waals surface area contributed by atoms with Crippen LogP contribution in [0.4, 0.5) is 0 Å². The lowest BCUT2D eigenvalue weighted by molar-refractivity contribution is 0.590. The molecule has 0 saturated heterocycles. The Morgan fingerprint density at radius 2 is 2.22 bits per heavy atom. The fraction of sp³-hybridized carbons (Fsp3) is 0.333. The van der Waals surface area contributed by atoms with Gasteiger partial charge in [-0.3, -0.25) is 0 Å². The van der Waals surface area contributed by atoms with Crippen molar-refractivity contribution in [3.8, 4) is 10.6 Å². The van der Waals surface area contributed by atoms with Crippen LogP contribution in [0.15, 0.2) is 22.7 Å². The summed E-state index contributed by atoms with van der Waals surface area (Å²) in [5.74, 6) is 0. The molecule has 0 saturated carbocycles. The normalized spacial score (nSPS) is 12.7. The minimum absolute atomic E-state index is 0.233. The van der Waals surface area contributed by atoms with Crippen molar-refractivity contribution in [1.29, 1.82) is 0 Å². The quantitative estimate of drug-likeness (QED) is 0.897. The fourth-order valence-electron chi connectivity index (χ4n) is 1.55.